The highest BCUT2D eigenvalue weighted by Gasteiger charge is 2.18. The van der Waals surface area contributed by atoms with Gasteiger partial charge in [-0.15, -0.1) is 0 Å². The Balaban J connectivity index is 1.28. The summed E-state index contributed by atoms with van der Waals surface area (Å²) in [6.45, 7) is 4.91. The zero-order valence-corrected chi connectivity index (χ0v) is 17.9. The molecule has 1 aliphatic rings. The van der Waals surface area contributed by atoms with E-state index in [9.17, 15) is 4.79 Å². The molecule has 0 saturated carbocycles. The highest BCUT2D eigenvalue weighted by atomic mass is 16.5. The number of ether oxygens (including phenoxy) is 1. The minimum atomic E-state index is -0.0148. The molecule has 0 spiro atoms. The van der Waals surface area contributed by atoms with Gasteiger partial charge in [0.25, 0.3) is 0 Å². The van der Waals surface area contributed by atoms with Crippen LogP contribution in [-0.4, -0.2) is 65.5 Å². The second-order valence-electron chi connectivity index (χ2n) is 7.78. The highest BCUT2D eigenvalue weighted by molar-refractivity contribution is 5.93. The third-order valence-electron chi connectivity index (χ3n) is 5.50. The molecule has 0 atom stereocenters. The lowest BCUT2D eigenvalue weighted by molar-refractivity contribution is -0.117. The molecule has 2 heterocycles. The van der Waals surface area contributed by atoms with Crippen molar-refractivity contribution in [2.45, 2.75) is 13.0 Å². The number of nitrogens with one attached hydrogen (secondary N) is 2. The Morgan fingerprint density at radius 2 is 1.77 bits per heavy atom. The lowest BCUT2D eigenvalue weighted by Gasteiger charge is -2.21. The molecule has 4 rings (SSSR count). The highest BCUT2D eigenvalue weighted by Crippen LogP contribution is 2.23. The second kappa shape index (κ2) is 10.2. The standard InChI is InChI=1S/C24H29N5O2/c1-31-22-11-6-5-10-21(22)27-23(30)18-29-13-7-12-28(14-15-29)17-20-16-25-24(26-20)19-8-3-2-4-9-19/h2-6,8-11,16H,7,12-15,17-18H2,1H3,(H,25,26)(H,27,30). The van der Waals surface area contributed by atoms with Crippen molar-refractivity contribution < 1.29 is 9.53 Å². The van der Waals surface area contributed by atoms with Crippen LogP contribution in [0.2, 0.25) is 0 Å². The van der Waals surface area contributed by atoms with Crippen LogP contribution in [0.1, 0.15) is 12.1 Å². The molecule has 1 saturated heterocycles. The first kappa shape index (κ1) is 21.1. The van der Waals surface area contributed by atoms with Crippen LogP contribution in [0.25, 0.3) is 11.4 Å². The second-order valence-corrected chi connectivity index (χ2v) is 7.78. The average Bonchev–Trinajstić information content (AvgIpc) is 3.15. The van der Waals surface area contributed by atoms with E-state index in [0.717, 1.165) is 56.2 Å². The van der Waals surface area contributed by atoms with Crippen molar-refractivity contribution in [2.75, 3.05) is 45.2 Å². The topological polar surface area (TPSA) is 73.5 Å². The number of para-hydroxylation sites is 2. The number of H-pyrrole nitrogens is 1. The zero-order chi connectivity index (χ0) is 21.5. The molecule has 0 bridgehead atoms. The smallest absolute Gasteiger partial charge is 0.238 e. The number of nitrogens with zero attached hydrogens (tertiary/aromatic N) is 3. The number of hydrogen-bond donors (Lipinski definition) is 2. The molecule has 0 radical (unpaired) electrons. The van der Waals surface area contributed by atoms with Crippen molar-refractivity contribution in [1.29, 1.82) is 0 Å². The van der Waals surface area contributed by atoms with E-state index in [4.69, 9.17) is 4.74 Å². The van der Waals surface area contributed by atoms with Crippen molar-refractivity contribution in [3.63, 3.8) is 0 Å². The SMILES string of the molecule is COc1ccccc1NC(=O)CN1CCCN(Cc2cnc(-c3ccccc3)[nH]2)CC1. The number of imidazole rings is 1. The van der Waals surface area contributed by atoms with Gasteiger partial charge in [0, 0.05) is 37.1 Å². The van der Waals surface area contributed by atoms with Gasteiger partial charge in [-0.3, -0.25) is 14.6 Å². The Morgan fingerprint density at radius 1 is 1.03 bits per heavy atom. The Bertz CT molecular complexity index is 988. The van der Waals surface area contributed by atoms with Crippen molar-refractivity contribution in [2.24, 2.45) is 0 Å². The number of hydrogen-bond acceptors (Lipinski definition) is 5. The Kier molecular flexibility index (Phi) is 6.96. The van der Waals surface area contributed by atoms with Crippen LogP contribution in [0.3, 0.4) is 0 Å². The van der Waals surface area contributed by atoms with Crippen molar-refractivity contribution in [3.8, 4) is 17.1 Å². The van der Waals surface area contributed by atoms with Crippen molar-refractivity contribution >= 4 is 11.6 Å². The number of amides is 1. The summed E-state index contributed by atoms with van der Waals surface area (Å²) < 4.78 is 5.31. The first-order valence-corrected chi connectivity index (χ1v) is 10.7. The van der Waals surface area contributed by atoms with Gasteiger partial charge < -0.3 is 15.0 Å². The van der Waals surface area contributed by atoms with Gasteiger partial charge in [-0.2, -0.15) is 0 Å². The summed E-state index contributed by atoms with van der Waals surface area (Å²) >= 11 is 0. The summed E-state index contributed by atoms with van der Waals surface area (Å²) in [7, 11) is 1.61. The van der Waals surface area contributed by atoms with E-state index in [0.29, 0.717) is 18.0 Å². The molecule has 1 amide bonds. The summed E-state index contributed by atoms with van der Waals surface area (Å²) in [5.74, 6) is 1.56. The van der Waals surface area contributed by atoms with Gasteiger partial charge in [-0.25, -0.2) is 4.98 Å². The lowest BCUT2D eigenvalue weighted by Crippen LogP contribution is -2.36. The van der Waals surface area contributed by atoms with E-state index in [-0.39, 0.29) is 5.91 Å². The lowest BCUT2D eigenvalue weighted by atomic mass is 10.2. The van der Waals surface area contributed by atoms with E-state index in [1.54, 1.807) is 7.11 Å². The third-order valence-corrected chi connectivity index (χ3v) is 5.50. The number of benzene rings is 2. The summed E-state index contributed by atoms with van der Waals surface area (Å²) in [5, 5.41) is 2.97. The van der Waals surface area contributed by atoms with Crippen molar-refractivity contribution in [1.82, 2.24) is 19.8 Å². The van der Waals surface area contributed by atoms with Crippen LogP contribution >= 0.6 is 0 Å². The zero-order valence-electron chi connectivity index (χ0n) is 17.9. The normalized spacial score (nSPS) is 15.4. The molecule has 0 aliphatic carbocycles. The van der Waals surface area contributed by atoms with Crippen LogP contribution in [0.15, 0.2) is 60.8 Å². The fraction of sp³-hybridized carbons (Fsp3) is 0.333. The largest absolute Gasteiger partial charge is 0.495 e. The Hall–Kier alpha value is -3.16. The van der Waals surface area contributed by atoms with E-state index >= 15 is 0 Å². The predicted molar refractivity (Wildman–Crippen MR) is 122 cm³/mol. The molecule has 0 unspecified atom stereocenters. The Morgan fingerprint density at radius 3 is 2.61 bits per heavy atom. The van der Waals surface area contributed by atoms with Crippen LogP contribution in [-0.2, 0) is 11.3 Å². The third kappa shape index (κ3) is 5.71. The monoisotopic (exact) mass is 419 g/mol. The van der Waals surface area contributed by atoms with Crippen LogP contribution in [0, 0.1) is 0 Å². The number of aromatic amines is 1. The fourth-order valence-electron chi connectivity index (χ4n) is 3.90. The van der Waals surface area contributed by atoms with Gasteiger partial charge in [-0.05, 0) is 31.6 Å². The predicted octanol–water partition coefficient (Wildman–Crippen LogP) is 3.23. The van der Waals surface area contributed by atoms with E-state index in [1.165, 1.54) is 0 Å². The molecule has 31 heavy (non-hydrogen) atoms. The molecule has 1 fully saturated rings. The first-order chi connectivity index (χ1) is 15.2. The van der Waals surface area contributed by atoms with Crippen LogP contribution < -0.4 is 10.1 Å². The van der Waals surface area contributed by atoms with E-state index in [2.05, 4.69) is 37.2 Å². The molecule has 162 valence electrons. The molecular formula is C24H29N5O2. The molecule has 1 aromatic heterocycles. The molecule has 7 heteroatoms. The summed E-state index contributed by atoms with van der Waals surface area (Å²) in [5.41, 5.74) is 2.91. The number of anilines is 1. The van der Waals surface area contributed by atoms with Gasteiger partial charge in [0.05, 0.1) is 19.3 Å². The minimum absolute atomic E-state index is 0.0148. The molecule has 2 N–H and O–H groups in total. The maximum Gasteiger partial charge on any atom is 0.238 e. The number of carbonyl (C=O) groups excluding carboxylic acids is 1. The summed E-state index contributed by atoms with van der Waals surface area (Å²) in [6.07, 6.45) is 2.95. The summed E-state index contributed by atoms with van der Waals surface area (Å²) in [4.78, 5) is 25.1. The molecule has 7 nitrogen and oxygen atoms in total. The Labute approximate surface area is 183 Å². The quantitative estimate of drug-likeness (QED) is 0.615. The van der Waals surface area contributed by atoms with Gasteiger partial charge in [-0.1, -0.05) is 42.5 Å². The maximum absolute atomic E-state index is 12.5. The van der Waals surface area contributed by atoms with Crippen LogP contribution in [0.4, 0.5) is 5.69 Å². The van der Waals surface area contributed by atoms with Gasteiger partial charge in [0.15, 0.2) is 0 Å². The molecular weight excluding hydrogens is 390 g/mol. The van der Waals surface area contributed by atoms with Gasteiger partial charge >= 0.3 is 0 Å². The number of carbonyl (C=O) groups is 1. The maximum atomic E-state index is 12.5. The number of aromatic nitrogens is 2. The molecule has 3 aromatic rings. The number of methoxy groups -OCH3 is 1. The van der Waals surface area contributed by atoms with Crippen molar-refractivity contribution in [3.05, 3.63) is 66.5 Å². The molecule has 1 aliphatic heterocycles. The average molecular weight is 420 g/mol. The van der Waals surface area contributed by atoms with E-state index < -0.39 is 0 Å². The summed E-state index contributed by atoms with van der Waals surface area (Å²) in [6, 6.07) is 17.6. The number of rotatable bonds is 7. The fourth-order valence-corrected chi connectivity index (χ4v) is 3.90. The van der Waals surface area contributed by atoms with Gasteiger partial charge in [0.1, 0.15) is 11.6 Å². The van der Waals surface area contributed by atoms with Crippen LogP contribution in [0.5, 0.6) is 5.75 Å². The van der Waals surface area contributed by atoms with E-state index in [1.807, 2.05) is 48.7 Å². The first-order valence-electron chi connectivity index (χ1n) is 10.7. The molecule has 2 aromatic carbocycles. The minimum Gasteiger partial charge on any atom is -0.495 e. The van der Waals surface area contributed by atoms with Gasteiger partial charge in [0.2, 0.25) is 5.91 Å².